The Labute approximate surface area is 156 Å². The lowest BCUT2D eigenvalue weighted by molar-refractivity contribution is -0.138. The van der Waals surface area contributed by atoms with Crippen molar-refractivity contribution in [2.75, 3.05) is 6.54 Å². The molecule has 1 aliphatic rings. The highest BCUT2D eigenvalue weighted by Crippen LogP contribution is 2.39. The number of rotatable bonds is 6. The van der Waals surface area contributed by atoms with Crippen LogP contribution in [-0.4, -0.2) is 18.4 Å². The molecule has 0 aliphatic heterocycles. The molecule has 5 nitrogen and oxygen atoms in total. The summed E-state index contributed by atoms with van der Waals surface area (Å²) in [6, 6.07) is 4.27. The number of amides is 2. The SMILES string of the molecule is CC(NC(=O)CC1(CN)CCCCC1)(C(N)=O)c1cccc(C(F)(F)F)c1. The highest BCUT2D eigenvalue weighted by atomic mass is 19.4. The highest BCUT2D eigenvalue weighted by Gasteiger charge is 2.40. The summed E-state index contributed by atoms with van der Waals surface area (Å²) in [6.45, 7) is 1.66. The Morgan fingerprint density at radius 2 is 1.74 bits per heavy atom. The van der Waals surface area contributed by atoms with Crippen LogP contribution < -0.4 is 16.8 Å². The Morgan fingerprint density at radius 3 is 2.26 bits per heavy atom. The Hall–Kier alpha value is -2.09. The summed E-state index contributed by atoms with van der Waals surface area (Å²) >= 11 is 0. The molecule has 1 fully saturated rings. The van der Waals surface area contributed by atoms with Crippen molar-refractivity contribution in [3.05, 3.63) is 35.4 Å². The largest absolute Gasteiger partial charge is 0.416 e. The fourth-order valence-electron chi connectivity index (χ4n) is 3.70. The molecule has 1 unspecified atom stereocenters. The van der Waals surface area contributed by atoms with Crippen molar-refractivity contribution >= 4 is 11.8 Å². The predicted molar refractivity (Wildman–Crippen MR) is 95.3 cm³/mol. The fourth-order valence-corrected chi connectivity index (χ4v) is 3.70. The molecule has 1 atom stereocenters. The Morgan fingerprint density at radius 1 is 1.15 bits per heavy atom. The number of hydrogen-bond acceptors (Lipinski definition) is 3. The van der Waals surface area contributed by atoms with E-state index < -0.39 is 29.1 Å². The minimum absolute atomic E-state index is 0.0105. The van der Waals surface area contributed by atoms with Gasteiger partial charge >= 0.3 is 6.18 Å². The normalized spacial score (nSPS) is 19.1. The summed E-state index contributed by atoms with van der Waals surface area (Å²) in [5.41, 5.74) is 8.34. The van der Waals surface area contributed by atoms with E-state index in [-0.39, 0.29) is 17.4 Å². The number of alkyl halides is 3. The number of nitrogens with one attached hydrogen (secondary N) is 1. The number of nitrogens with two attached hydrogens (primary N) is 2. The number of halogens is 3. The monoisotopic (exact) mass is 385 g/mol. The number of primary amides is 1. The van der Waals surface area contributed by atoms with Gasteiger partial charge in [-0.25, -0.2) is 0 Å². The summed E-state index contributed by atoms with van der Waals surface area (Å²) < 4.78 is 39.0. The number of carbonyl (C=O) groups excluding carboxylic acids is 2. The molecule has 150 valence electrons. The smallest absolute Gasteiger partial charge is 0.367 e. The van der Waals surface area contributed by atoms with Gasteiger partial charge in [-0.1, -0.05) is 31.4 Å². The van der Waals surface area contributed by atoms with Crippen LogP contribution in [0.1, 0.15) is 56.6 Å². The van der Waals surface area contributed by atoms with Crippen molar-refractivity contribution in [3.8, 4) is 0 Å². The van der Waals surface area contributed by atoms with Gasteiger partial charge in [0.15, 0.2) is 0 Å². The van der Waals surface area contributed by atoms with Gasteiger partial charge in [-0.3, -0.25) is 9.59 Å². The number of carbonyl (C=O) groups is 2. The minimum Gasteiger partial charge on any atom is -0.367 e. The molecule has 2 rings (SSSR count). The van der Waals surface area contributed by atoms with E-state index in [0.717, 1.165) is 44.2 Å². The van der Waals surface area contributed by atoms with Gasteiger partial charge in [0.05, 0.1) is 5.56 Å². The maximum atomic E-state index is 13.0. The highest BCUT2D eigenvalue weighted by molar-refractivity contribution is 5.91. The van der Waals surface area contributed by atoms with Gasteiger partial charge in [-0.15, -0.1) is 0 Å². The molecule has 8 heteroatoms. The summed E-state index contributed by atoms with van der Waals surface area (Å²) in [6.07, 6.45) is 0.222. The summed E-state index contributed by atoms with van der Waals surface area (Å²) in [5.74, 6) is -1.37. The van der Waals surface area contributed by atoms with Crippen molar-refractivity contribution in [3.63, 3.8) is 0 Å². The molecule has 0 radical (unpaired) electrons. The van der Waals surface area contributed by atoms with Crippen LogP contribution in [0, 0.1) is 5.41 Å². The second kappa shape index (κ2) is 7.88. The average Bonchev–Trinajstić information content (AvgIpc) is 2.61. The van der Waals surface area contributed by atoms with Gasteiger partial charge < -0.3 is 16.8 Å². The van der Waals surface area contributed by atoms with Gasteiger partial charge in [0.1, 0.15) is 5.54 Å². The van der Waals surface area contributed by atoms with Crippen LogP contribution in [0.3, 0.4) is 0 Å². The van der Waals surface area contributed by atoms with Crippen molar-refractivity contribution in [1.82, 2.24) is 5.32 Å². The molecule has 0 spiro atoms. The van der Waals surface area contributed by atoms with E-state index >= 15 is 0 Å². The maximum absolute atomic E-state index is 13.0. The Bertz CT molecular complexity index is 700. The summed E-state index contributed by atoms with van der Waals surface area (Å²) in [7, 11) is 0. The van der Waals surface area contributed by atoms with Crippen molar-refractivity contribution < 1.29 is 22.8 Å². The van der Waals surface area contributed by atoms with Crippen molar-refractivity contribution in [2.24, 2.45) is 16.9 Å². The topological polar surface area (TPSA) is 98.2 Å². The molecular formula is C19H26F3N3O2. The Kier molecular flexibility index (Phi) is 6.19. The third kappa shape index (κ3) is 4.80. The first-order valence-electron chi connectivity index (χ1n) is 9.01. The molecule has 1 aromatic rings. The molecular weight excluding hydrogens is 359 g/mol. The molecule has 27 heavy (non-hydrogen) atoms. The molecule has 5 N–H and O–H groups in total. The van der Waals surface area contributed by atoms with Gasteiger partial charge in [0.25, 0.3) is 0 Å². The van der Waals surface area contributed by atoms with Gasteiger partial charge in [-0.2, -0.15) is 13.2 Å². The minimum atomic E-state index is -4.57. The fraction of sp³-hybridized carbons (Fsp3) is 0.579. The number of hydrogen-bond donors (Lipinski definition) is 3. The first-order valence-corrected chi connectivity index (χ1v) is 9.01. The van der Waals surface area contributed by atoms with E-state index in [9.17, 15) is 22.8 Å². The quantitative estimate of drug-likeness (QED) is 0.702. The zero-order valence-corrected chi connectivity index (χ0v) is 15.4. The van der Waals surface area contributed by atoms with Crippen LogP contribution >= 0.6 is 0 Å². The van der Waals surface area contributed by atoms with Crippen molar-refractivity contribution in [2.45, 2.75) is 57.2 Å². The zero-order valence-electron chi connectivity index (χ0n) is 15.4. The molecule has 1 saturated carbocycles. The van der Waals surface area contributed by atoms with Crippen LogP contribution in [0.2, 0.25) is 0 Å². The van der Waals surface area contributed by atoms with Gasteiger partial charge in [0, 0.05) is 6.42 Å². The summed E-state index contributed by atoms with van der Waals surface area (Å²) in [5, 5.41) is 2.56. The summed E-state index contributed by atoms with van der Waals surface area (Å²) in [4.78, 5) is 24.7. The Balaban J connectivity index is 2.26. The van der Waals surface area contributed by atoms with E-state index in [1.54, 1.807) is 0 Å². The first-order chi connectivity index (χ1) is 12.5. The maximum Gasteiger partial charge on any atom is 0.416 e. The van der Waals surface area contributed by atoms with Gasteiger partial charge in [-0.05, 0) is 49.4 Å². The third-order valence-electron chi connectivity index (χ3n) is 5.53. The average molecular weight is 385 g/mol. The van der Waals surface area contributed by atoms with Crippen LogP contribution in [0.4, 0.5) is 13.2 Å². The van der Waals surface area contributed by atoms with E-state index in [1.807, 2.05) is 0 Å². The van der Waals surface area contributed by atoms with Crippen LogP contribution in [0.15, 0.2) is 24.3 Å². The second-order valence-corrected chi connectivity index (χ2v) is 7.56. The molecule has 0 aromatic heterocycles. The predicted octanol–water partition coefficient (Wildman–Crippen LogP) is 2.82. The van der Waals surface area contributed by atoms with Gasteiger partial charge in [0.2, 0.25) is 11.8 Å². The molecule has 0 heterocycles. The second-order valence-electron chi connectivity index (χ2n) is 7.56. The van der Waals surface area contributed by atoms with E-state index in [4.69, 9.17) is 11.5 Å². The number of benzene rings is 1. The van der Waals surface area contributed by atoms with Crippen LogP contribution in [0.5, 0.6) is 0 Å². The lowest BCUT2D eigenvalue weighted by atomic mass is 9.71. The molecule has 2 amide bonds. The third-order valence-corrected chi connectivity index (χ3v) is 5.53. The zero-order chi connectivity index (χ0) is 20.3. The molecule has 0 saturated heterocycles. The lowest BCUT2D eigenvalue weighted by Gasteiger charge is -2.37. The van der Waals surface area contributed by atoms with E-state index in [1.165, 1.54) is 19.1 Å². The van der Waals surface area contributed by atoms with E-state index in [0.29, 0.717) is 6.54 Å². The molecule has 1 aliphatic carbocycles. The van der Waals surface area contributed by atoms with Crippen LogP contribution in [-0.2, 0) is 21.3 Å². The molecule has 1 aromatic carbocycles. The van der Waals surface area contributed by atoms with E-state index in [2.05, 4.69) is 5.32 Å². The molecule has 0 bridgehead atoms. The lowest BCUT2D eigenvalue weighted by Crippen LogP contribution is -2.54. The first kappa shape index (κ1) is 21.2. The van der Waals surface area contributed by atoms with Crippen LogP contribution in [0.25, 0.3) is 0 Å². The van der Waals surface area contributed by atoms with Crippen molar-refractivity contribution in [1.29, 1.82) is 0 Å². The standard InChI is InChI=1S/C19H26F3N3O2/c1-17(16(24)27,13-6-5-7-14(10-13)19(20,21)22)25-15(26)11-18(12-23)8-3-2-4-9-18/h5-7,10H,2-4,8-9,11-12,23H2,1H3,(H2,24,27)(H,25,26).